The Hall–Kier alpha value is -0.650. The van der Waals surface area contributed by atoms with Crippen LogP contribution in [-0.2, 0) is 16.3 Å². The third-order valence-electron chi connectivity index (χ3n) is 3.35. The van der Waals surface area contributed by atoms with Crippen molar-refractivity contribution in [3.63, 3.8) is 0 Å². The van der Waals surface area contributed by atoms with Crippen LogP contribution in [0.15, 0.2) is 18.2 Å². The molecule has 0 aliphatic rings. The normalized spacial score (nSPS) is 15.1. The lowest BCUT2D eigenvalue weighted by Crippen LogP contribution is -2.44. The fourth-order valence-corrected chi connectivity index (χ4v) is 2.95. The number of hydrogen-bond acceptors (Lipinski definition) is 3. The van der Waals surface area contributed by atoms with Crippen LogP contribution in [0.5, 0.6) is 0 Å². The molecule has 1 aromatic rings. The summed E-state index contributed by atoms with van der Waals surface area (Å²) in [6.07, 6.45) is 2.37. The Bertz CT molecular complexity index is 548. The minimum Gasteiger partial charge on any atom is -0.312 e. The molecule has 2 atom stereocenters. The van der Waals surface area contributed by atoms with E-state index in [0.717, 1.165) is 6.42 Å². The molecule has 1 rings (SSSR count). The lowest BCUT2D eigenvalue weighted by Gasteiger charge is -2.24. The Morgan fingerprint density at radius 3 is 2.60 bits per heavy atom. The van der Waals surface area contributed by atoms with E-state index in [1.165, 1.54) is 18.4 Å². The van der Waals surface area contributed by atoms with Crippen LogP contribution in [0.2, 0.25) is 5.02 Å². The molecule has 0 aromatic heterocycles. The molecule has 1 aromatic carbocycles. The SMILES string of the molecule is CCCNC(Cc1cc(Cl)ccc1F)C(C)S(C)(=O)=O. The summed E-state index contributed by atoms with van der Waals surface area (Å²) in [4.78, 5) is 0. The number of benzene rings is 1. The van der Waals surface area contributed by atoms with Crippen molar-refractivity contribution in [2.45, 2.75) is 38.0 Å². The van der Waals surface area contributed by atoms with E-state index >= 15 is 0 Å². The Morgan fingerprint density at radius 1 is 1.40 bits per heavy atom. The molecule has 1 N–H and O–H groups in total. The first-order valence-corrected chi connectivity index (χ1v) is 8.95. The molecule has 0 fully saturated rings. The first kappa shape index (κ1) is 17.4. The number of hydrogen-bond donors (Lipinski definition) is 1. The summed E-state index contributed by atoms with van der Waals surface area (Å²) in [6.45, 7) is 4.33. The monoisotopic (exact) mass is 321 g/mol. The molecule has 0 heterocycles. The van der Waals surface area contributed by atoms with Gasteiger partial charge in [-0.2, -0.15) is 0 Å². The molecule has 0 radical (unpaired) electrons. The zero-order valence-corrected chi connectivity index (χ0v) is 13.6. The summed E-state index contributed by atoms with van der Waals surface area (Å²) < 4.78 is 37.2. The number of halogens is 2. The fourth-order valence-electron chi connectivity index (χ4n) is 1.97. The molecular weight excluding hydrogens is 301 g/mol. The van der Waals surface area contributed by atoms with Gasteiger partial charge >= 0.3 is 0 Å². The molecular formula is C14H21ClFNO2S. The molecule has 0 aliphatic heterocycles. The van der Waals surface area contributed by atoms with E-state index in [9.17, 15) is 12.8 Å². The van der Waals surface area contributed by atoms with Crippen molar-refractivity contribution in [1.29, 1.82) is 0 Å². The molecule has 0 aliphatic carbocycles. The van der Waals surface area contributed by atoms with Crippen LogP contribution in [0.25, 0.3) is 0 Å². The molecule has 0 saturated carbocycles. The highest BCUT2D eigenvalue weighted by Gasteiger charge is 2.26. The van der Waals surface area contributed by atoms with Crippen molar-refractivity contribution in [3.05, 3.63) is 34.6 Å². The summed E-state index contributed by atoms with van der Waals surface area (Å²) in [5.74, 6) is -0.363. The summed E-state index contributed by atoms with van der Waals surface area (Å²) in [5, 5.41) is 3.04. The molecule has 0 saturated heterocycles. The predicted molar refractivity (Wildman–Crippen MR) is 81.5 cm³/mol. The minimum atomic E-state index is -3.19. The highest BCUT2D eigenvalue weighted by Crippen LogP contribution is 2.19. The van der Waals surface area contributed by atoms with Crippen LogP contribution in [-0.4, -0.2) is 32.5 Å². The van der Waals surface area contributed by atoms with Crippen molar-refractivity contribution in [2.75, 3.05) is 12.8 Å². The Morgan fingerprint density at radius 2 is 2.05 bits per heavy atom. The second kappa shape index (κ2) is 7.38. The fraction of sp³-hybridized carbons (Fsp3) is 0.571. The van der Waals surface area contributed by atoms with Crippen molar-refractivity contribution < 1.29 is 12.8 Å². The minimum absolute atomic E-state index is 0.292. The highest BCUT2D eigenvalue weighted by atomic mass is 35.5. The summed E-state index contributed by atoms with van der Waals surface area (Å²) in [6, 6.07) is 4.00. The average molecular weight is 322 g/mol. The quantitative estimate of drug-likeness (QED) is 0.840. The zero-order valence-electron chi connectivity index (χ0n) is 12.0. The molecule has 0 bridgehead atoms. The number of rotatable bonds is 7. The van der Waals surface area contributed by atoms with Crippen molar-refractivity contribution in [2.24, 2.45) is 0 Å². The molecule has 0 spiro atoms. The molecule has 6 heteroatoms. The largest absolute Gasteiger partial charge is 0.312 e. The van der Waals surface area contributed by atoms with Crippen LogP contribution in [0, 0.1) is 5.82 Å². The van der Waals surface area contributed by atoms with Gasteiger partial charge in [-0.15, -0.1) is 0 Å². The van der Waals surface area contributed by atoms with Gasteiger partial charge < -0.3 is 5.32 Å². The lowest BCUT2D eigenvalue weighted by molar-refractivity contribution is 0.473. The third-order valence-corrected chi connectivity index (χ3v) is 5.26. The zero-order chi connectivity index (χ0) is 15.3. The maximum Gasteiger partial charge on any atom is 0.151 e. The third kappa shape index (κ3) is 5.04. The second-order valence-electron chi connectivity index (χ2n) is 5.04. The molecule has 2 unspecified atom stereocenters. The standard InChI is InChI=1S/C14H21ClFNO2S/c1-4-7-17-14(10(2)20(3,18)19)9-11-8-12(15)5-6-13(11)16/h5-6,8,10,14,17H,4,7,9H2,1-3H3. The van der Waals surface area contributed by atoms with Gasteiger partial charge in [-0.05, 0) is 50.1 Å². The summed E-state index contributed by atoms with van der Waals surface area (Å²) in [7, 11) is -3.19. The van der Waals surface area contributed by atoms with E-state index in [0.29, 0.717) is 23.6 Å². The van der Waals surface area contributed by atoms with Gasteiger partial charge in [-0.1, -0.05) is 18.5 Å². The second-order valence-corrected chi connectivity index (χ2v) is 7.87. The van der Waals surface area contributed by atoms with Crippen molar-refractivity contribution >= 4 is 21.4 Å². The number of sulfone groups is 1. The van der Waals surface area contributed by atoms with Crippen LogP contribution >= 0.6 is 11.6 Å². The van der Waals surface area contributed by atoms with Gasteiger partial charge in [0.2, 0.25) is 0 Å². The van der Waals surface area contributed by atoms with Crippen LogP contribution in [0.4, 0.5) is 4.39 Å². The smallest absolute Gasteiger partial charge is 0.151 e. The molecule has 3 nitrogen and oxygen atoms in total. The highest BCUT2D eigenvalue weighted by molar-refractivity contribution is 7.91. The van der Waals surface area contributed by atoms with E-state index in [2.05, 4.69) is 5.32 Å². The van der Waals surface area contributed by atoms with E-state index in [1.807, 2.05) is 6.92 Å². The maximum atomic E-state index is 13.8. The van der Waals surface area contributed by atoms with E-state index in [4.69, 9.17) is 11.6 Å². The molecule has 114 valence electrons. The van der Waals surface area contributed by atoms with Gasteiger partial charge in [-0.3, -0.25) is 0 Å². The Balaban J connectivity index is 2.97. The molecule has 0 amide bonds. The first-order valence-electron chi connectivity index (χ1n) is 6.62. The van der Waals surface area contributed by atoms with Gasteiger partial charge in [0.25, 0.3) is 0 Å². The van der Waals surface area contributed by atoms with Crippen LogP contribution in [0.1, 0.15) is 25.8 Å². The van der Waals surface area contributed by atoms with E-state index in [-0.39, 0.29) is 11.9 Å². The Labute approximate surface area is 125 Å². The summed E-state index contributed by atoms with van der Waals surface area (Å²) in [5.41, 5.74) is 0.432. The predicted octanol–water partition coefficient (Wildman–Crippen LogP) is 2.82. The summed E-state index contributed by atoms with van der Waals surface area (Å²) >= 11 is 5.87. The van der Waals surface area contributed by atoms with E-state index < -0.39 is 15.1 Å². The first-order chi connectivity index (χ1) is 9.25. The van der Waals surface area contributed by atoms with Gasteiger partial charge in [0.15, 0.2) is 9.84 Å². The van der Waals surface area contributed by atoms with Gasteiger partial charge in [0, 0.05) is 17.3 Å². The van der Waals surface area contributed by atoms with Crippen LogP contribution < -0.4 is 5.32 Å². The average Bonchev–Trinajstić information content (AvgIpc) is 2.36. The van der Waals surface area contributed by atoms with Gasteiger partial charge in [0.1, 0.15) is 5.82 Å². The Kier molecular flexibility index (Phi) is 6.43. The maximum absolute atomic E-state index is 13.8. The topological polar surface area (TPSA) is 46.2 Å². The van der Waals surface area contributed by atoms with Crippen molar-refractivity contribution in [3.8, 4) is 0 Å². The van der Waals surface area contributed by atoms with Crippen LogP contribution in [0.3, 0.4) is 0 Å². The number of nitrogens with one attached hydrogen (secondary N) is 1. The lowest BCUT2D eigenvalue weighted by atomic mass is 10.0. The van der Waals surface area contributed by atoms with Crippen molar-refractivity contribution in [1.82, 2.24) is 5.32 Å². The van der Waals surface area contributed by atoms with E-state index in [1.54, 1.807) is 13.0 Å². The van der Waals surface area contributed by atoms with Gasteiger partial charge in [-0.25, -0.2) is 12.8 Å². The van der Waals surface area contributed by atoms with Gasteiger partial charge in [0.05, 0.1) is 5.25 Å². The molecule has 20 heavy (non-hydrogen) atoms.